The first kappa shape index (κ1) is 52.0. The molecule has 2 aliphatic heterocycles. The SMILES string of the molecule is CC1=CC2=C3B(C4=C(CC5C(=C4)C(C)(C)CCC5(C)C)N2C2=C(C4=CC=C(C(C)(C)C)CC4)CC(C(C)(C)C)C=C2)c2c(sc4cc5c(cc24)C(C)(C)CCC5(C)C)N(C2=CC4C(C=C2)C(C)(C)CCC4(C)C)C3C1. The van der Waals surface area contributed by atoms with E-state index >= 15 is 0 Å². The van der Waals surface area contributed by atoms with Crippen LogP contribution in [0.3, 0.4) is 0 Å². The van der Waals surface area contributed by atoms with E-state index in [-0.39, 0.29) is 56.1 Å². The smallest absolute Gasteiger partial charge is 0.248 e. The van der Waals surface area contributed by atoms with E-state index in [4.69, 9.17) is 0 Å². The molecule has 0 amide bonds. The number of anilines is 1. The molecule has 12 rings (SSSR count). The minimum Gasteiger partial charge on any atom is -0.327 e. The Morgan fingerprint density at radius 3 is 1.96 bits per heavy atom. The van der Waals surface area contributed by atoms with Gasteiger partial charge >= 0.3 is 0 Å². The Hall–Kier alpha value is -3.76. The lowest BCUT2D eigenvalue weighted by atomic mass is 9.30. The molecule has 8 aliphatic carbocycles. The van der Waals surface area contributed by atoms with Crippen molar-refractivity contribution in [1.82, 2.24) is 4.90 Å². The highest BCUT2D eigenvalue weighted by Gasteiger charge is 2.56. The molecule has 2 aromatic rings. The lowest BCUT2D eigenvalue weighted by Crippen LogP contribution is -2.58. The Morgan fingerprint density at radius 1 is 0.653 bits per heavy atom. The maximum absolute atomic E-state index is 2.96. The Kier molecular flexibility index (Phi) is 11.5. The van der Waals surface area contributed by atoms with E-state index in [2.05, 4.69) is 220 Å². The fourth-order valence-corrected chi connectivity index (χ4v) is 18.2. The largest absolute Gasteiger partial charge is 0.327 e. The van der Waals surface area contributed by atoms with Gasteiger partial charge < -0.3 is 9.80 Å². The van der Waals surface area contributed by atoms with Crippen LogP contribution in [0.1, 0.15) is 213 Å². The quantitative estimate of drug-likeness (QED) is 0.283. The second kappa shape index (κ2) is 16.6. The van der Waals surface area contributed by atoms with Gasteiger partial charge in [-0.3, -0.25) is 0 Å². The molecule has 10 aliphatic rings. The molecule has 2 saturated carbocycles. The van der Waals surface area contributed by atoms with Crippen LogP contribution in [-0.4, -0.2) is 17.7 Å². The van der Waals surface area contributed by atoms with Gasteiger partial charge in [0, 0.05) is 27.5 Å². The normalized spacial score (nSPS) is 30.8. The summed E-state index contributed by atoms with van der Waals surface area (Å²) in [6, 6.07) is 5.68. The summed E-state index contributed by atoms with van der Waals surface area (Å²) in [5.41, 5.74) is 23.4. The Bertz CT molecular complexity index is 3150. The zero-order valence-corrected chi connectivity index (χ0v) is 51.2. The number of benzene rings is 1. The molecule has 0 bridgehead atoms. The van der Waals surface area contributed by atoms with Gasteiger partial charge in [-0.05, 0) is 219 Å². The average Bonchev–Trinajstić information content (AvgIpc) is 3.70. The Balaban J connectivity index is 1.18. The summed E-state index contributed by atoms with van der Waals surface area (Å²) < 4.78 is 1.49. The van der Waals surface area contributed by atoms with Crippen LogP contribution in [0, 0.1) is 56.2 Å². The Morgan fingerprint density at radius 2 is 1.31 bits per heavy atom. The molecule has 75 heavy (non-hydrogen) atoms. The number of nitrogens with zero attached hydrogens (tertiary/aromatic N) is 2. The molecule has 2 fully saturated rings. The number of hydrogen-bond donors (Lipinski definition) is 0. The molecule has 1 aromatic heterocycles. The first-order valence-corrected chi connectivity index (χ1v) is 30.9. The third-order valence-corrected chi connectivity index (χ3v) is 23.7. The van der Waals surface area contributed by atoms with Crippen LogP contribution in [0.2, 0.25) is 0 Å². The van der Waals surface area contributed by atoms with Crippen molar-refractivity contribution in [1.29, 1.82) is 0 Å². The van der Waals surface area contributed by atoms with Crippen LogP contribution in [-0.2, 0) is 10.8 Å². The van der Waals surface area contributed by atoms with E-state index in [0.29, 0.717) is 23.7 Å². The molecule has 5 atom stereocenters. The summed E-state index contributed by atoms with van der Waals surface area (Å²) in [7, 11) is 0. The molecule has 398 valence electrons. The minimum absolute atomic E-state index is 0.117. The van der Waals surface area contributed by atoms with Gasteiger partial charge in [0.25, 0.3) is 0 Å². The summed E-state index contributed by atoms with van der Waals surface area (Å²) >= 11 is 2.14. The number of fused-ring (bicyclic) bond motifs is 8. The van der Waals surface area contributed by atoms with Crippen molar-refractivity contribution in [3.05, 3.63) is 140 Å². The van der Waals surface area contributed by atoms with Crippen LogP contribution in [0.5, 0.6) is 0 Å². The minimum atomic E-state index is 0.117. The molecular formula is C71H95BN2S. The third kappa shape index (κ3) is 8.08. The summed E-state index contributed by atoms with van der Waals surface area (Å²) in [5.74, 6) is 1.98. The zero-order valence-electron chi connectivity index (χ0n) is 50.4. The number of hydrogen-bond acceptors (Lipinski definition) is 3. The van der Waals surface area contributed by atoms with Gasteiger partial charge in [0.05, 0.1) is 11.0 Å². The first-order valence-electron chi connectivity index (χ1n) is 30.1. The standard InChI is InChI=1S/C71H95BN2S/c1-42-34-58-62-59(35-42)74(56-27-24-45(65(5,6)7)36-47(56)43-20-22-44(23-21-43)64(2,3)4)57-40-53-52(69(14,15)31-32-70(53,16)17)39-55(57)72(62)61-48-38-51-54(71(18,19)33-30-68(51,12)13)41-60(48)75-63(61)73(58)46-25-26-49-50(37-46)67(10,11)29-28-66(49,8)9/h20,22,24-27,35,37-39,41,45,49-50,53,58H,21,23,28-34,36,40H2,1-19H3. The van der Waals surface area contributed by atoms with E-state index in [1.165, 1.54) is 76.3 Å². The summed E-state index contributed by atoms with van der Waals surface area (Å²) in [4.78, 5) is 5.91. The average molecular weight is 1020 g/mol. The van der Waals surface area contributed by atoms with Crippen molar-refractivity contribution in [2.24, 2.45) is 56.2 Å². The molecule has 3 heterocycles. The maximum Gasteiger partial charge on any atom is 0.248 e. The summed E-state index contributed by atoms with van der Waals surface area (Å²) in [6.45, 7) is 48.0. The lowest BCUT2D eigenvalue weighted by molar-refractivity contribution is 0.0326. The first-order chi connectivity index (χ1) is 34.8. The summed E-state index contributed by atoms with van der Waals surface area (Å²) in [6.07, 6.45) is 37.0. The number of thiophene rings is 1. The van der Waals surface area contributed by atoms with E-state index in [0.717, 1.165) is 32.1 Å². The van der Waals surface area contributed by atoms with Crippen molar-refractivity contribution in [2.75, 3.05) is 4.90 Å². The van der Waals surface area contributed by atoms with Crippen molar-refractivity contribution in [3.8, 4) is 0 Å². The molecule has 5 unspecified atom stereocenters. The van der Waals surface area contributed by atoms with E-state index in [9.17, 15) is 0 Å². The highest BCUT2D eigenvalue weighted by Crippen LogP contribution is 2.62. The second-order valence-corrected chi connectivity index (χ2v) is 33.3. The van der Waals surface area contributed by atoms with E-state index in [1.54, 1.807) is 55.5 Å². The van der Waals surface area contributed by atoms with Crippen LogP contribution in [0.25, 0.3) is 10.1 Å². The Labute approximate surface area is 460 Å². The van der Waals surface area contributed by atoms with Gasteiger partial charge in [-0.15, -0.1) is 11.3 Å². The monoisotopic (exact) mass is 1020 g/mol. The summed E-state index contributed by atoms with van der Waals surface area (Å²) in [5, 5.41) is 3.04. The fraction of sp³-hybridized carbons (Fsp3) is 0.606. The molecule has 4 heteroatoms. The topological polar surface area (TPSA) is 6.48 Å². The molecule has 2 nitrogen and oxygen atoms in total. The second-order valence-electron chi connectivity index (χ2n) is 32.3. The van der Waals surface area contributed by atoms with E-state index in [1.807, 2.05) is 0 Å². The lowest BCUT2D eigenvalue weighted by Gasteiger charge is -2.56. The molecule has 1 aromatic carbocycles. The maximum atomic E-state index is 2.96. The molecule has 0 spiro atoms. The predicted molar refractivity (Wildman–Crippen MR) is 326 cm³/mol. The predicted octanol–water partition coefficient (Wildman–Crippen LogP) is 19.3. The molecule has 0 radical (unpaired) electrons. The zero-order chi connectivity index (χ0) is 53.7. The fourth-order valence-electron chi connectivity index (χ4n) is 16.8. The van der Waals surface area contributed by atoms with Crippen molar-refractivity contribution in [3.63, 3.8) is 0 Å². The van der Waals surface area contributed by atoms with Gasteiger partial charge in [-0.25, -0.2) is 0 Å². The highest BCUT2D eigenvalue weighted by atomic mass is 32.1. The van der Waals surface area contributed by atoms with Crippen LogP contribution in [0.15, 0.2) is 128 Å². The van der Waals surface area contributed by atoms with Crippen LogP contribution < -0.4 is 10.4 Å². The van der Waals surface area contributed by atoms with E-state index < -0.39 is 0 Å². The molecule has 0 N–H and O–H groups in total. The molecular weight excluding hydrogens is 924 g/mol. The van der Waals surface area contributed by atoms with Gasteiger partial charge in [0.2, 0.25) is 6.71 Å². The van der Waals surface area contributed by atoms with Gasteiger partial charge in [0.15, 0.2) is 0 Å². The third-order valence-electron chi connectivity index (χ3n) is 22.5. The van der Waals surface area contributed by atoms with Crippen molar-refractivity contribution >= 4 is 38.6 Å². The van der Waals surface area contributed by atoms with Crippen LogP contribution >= 0.6 is 11.3 Å². The van der Waals surface area contributed by atoms with Crippen LogP contribution in [0.4, 0.5) is 5.00 Å². The van der Waals surface area contributed by atoms with Crippen molar-refractivity contribution < 1.29 is 0 Å². The molecule has 0 saturated heterocycles. The van der Waals surface area contributed by atoms with Crippen molar-refractivity contribution in [2.45, 2.75) is 219 Å². The number of rotatable bonds is 3. The highest BCUT2D eigenvalue weighted by molar-refractivity contribution is 7.25. The van der Waals surface area contributed by atoms with Gasteiger partial charge in [-0.2, -0.15) is 0 Å². The van der Waals surface area contributed by atoms with Gasteiger partial charge in [0.1, 0.15) is 0 Å². The van der Waals surface area contributed by atoms with Gasteiger partial charge in [-0.1, -0.05) is 178 Å². The number of allylic oxidation sites excluding steroid dienone is 15.